The van der Waals surface area contributed by atoms with Crippen molar-refractivity contribution in [3.63, 3.8) is 0 Å². The minimum Gasteiger partial charge on any atom is -0.340 e. The van der Waals surface area contributed by atoms with Gasteiger partial charge in [0.2, 0.25) is 5.91 Å². The van der Waals surface area contributed by atoms with Gasteiger partial charge in [-0.1, -0.05) is 19.9 Å². The molecule has 1 unspecified atom stereocenters. The van der Waals surface area contributed by atoms with Gasteiger partial charge in [-0.3, -0.25) is 14.5 Å². The van der Waals surface area contributed by atoms with Gasteiger partial charge in [0.1, 0.15) is 17.4 Å². The molecule has 0 radical (unpaired) electrons. The maximum absolute atomic E-state index is 13.8. The van der Waals surface area contributed by atoms with E-state index in [1.807, 2.05) is 13.8 Å². The summed E-state index contributed by atoms with van der Waals surface area (Å²) in [5, 5.41) is 2.74. The van der Waals surface area contributed by atoms with E-state index in [1.165, 1.54) is 11.0 Å². The van der Waals surface area contributed by atoms with E-state index in [4.69, 9.17) is 0 Å². The third kappa shape index (κ3) is 2.64. The van der Waals surface area contributed by atoms with Crippen LogP contribution in [0.1, 0.15) is 33.3 Å². The van der Waals surface area contributed by atoms with E-state index < -0.39 is 11.6 Å². The van der Waals surface area contributed by atoms with Crippen LogP contribution in [0.5, 0.6) is 0 Å². The fourth-order valence-corrected chi connectivity index (χ4v) is 2.59. The second kappa shape index (κ2) is 5.13. The Morgan fingerprint density at radius 2 is 1.90 bits per heavy atom. The quantitative estimate of drug-likeness (QED) is 0.910. The van der Waals surface area contributed by atoms with Crippen LogP contribution >= 0.6 is 0 Å². The van der Waals surface area contributed by atoms with E-state index in [0.29, 0.717) is 11.3 Å². The molecular weight excluding hydrogens is 271 g/mol. The van der Waals surface area contributed by atoms with E-state index >= 15 is 0 Å². The Hall–Kier alpha value is -1.91. The van der Waals surface area contributed by atoms with Crippen molar-refractivity contribution in [2.45, 2.75) is 46.2 Å². The first kappa shape index (κ1) is 15.5. The van der Waals surface area contributed by atoms with Crippen LogP contribution in [0.25, 0.3) is 0 Å². The van der Waals surface area contributed by atoms with Crippen molar-refractivity contribution in [3.8, 4) is 0 Å². The number of aryl methyl sites for hydroxylation is 1. The number of hydrogen-bond donors (Lipinski definition) is 1. The third-order valence-corrected chi connectivity index (χ3v) is 3.80. The van der Waals surface area contributed by atoms with Crippen molar-refractivity contribution in [2.75, 3.05) is 4.90 Å². The smallest absolute Gasteiger partial charge is 0.252 e. The minimum absolute atomic E-state index is 0.0746. The molecule has 1 N–H and O–H groups in total. The summed E-state index contributed by atoms with van der Waals surface area (Å²) in [5.74, 6) is -0.902. The van der Waals surface area contributed by atoms with Crippen LogP contribution in [0.2, 0.25) is 0 Å². The van der Waals surface area contributed by atoms with Gasteiger partial charge in [-0.25, -0.2) is 4.39 Å². The Labute approximate surface area is 124 Å². The zero-order chi connectivity index (χ0) is 15.9. The Morgan fingerprint density at radius 1 is 1.29 bits per heavy atom. The summed E-state index contributed by atoms with van der Waals surface area (Å²) in [6, 6.07) is 3.99. The highest BCUT2D eigenvalue weighted by molar-refractivity contribution is 6.10. The number of rotatable bonds is 2. The molecule has 21 heavy (non-hydrogen) atoms. The van der Waals surface area contributed by atoms with Crippen molar-refractivity contribution in [3.05, 3.63) is 29.6 Å². The summed E-state index contributed by atoms with van der Waals surface area (Å²) in [6.45, 7) is 8.71. The average Bonchev–Trinajstić information content (AvgIpc) is 2.36. The van der Waals surface area contributed by atoms with Crippen LogP contribution in [0.4, 0.5) is 10.1 Å². The largest absolute Gasteiger partial charge is 0.340 e. The van der Waals surface area contributed by atoms with Crippen LogP contribution < -0.4 is 10.2 Å². The fraction of sp³-hybridized carbons (Fsp3) is 0.500. The molecule has 4 nitrogen and oxygen atoms in total. The lowest BCUT2D eigenvalue weighted by atomic mass is 9.91. The van der Waals surface area contributed by atoms with E-state index in [1.54, 1.807) is 32.9 Å². The Bertz CT molecular complexity index is 596. The van der Waals surface area contributed by atoms with Gasteiger partial charge in [-0.2, -0.15) is 0 Å². The highest BCUT2D eigenvalue weighted by Gasteiger charge is 2.47. The average molecular weight is 292 g/mol. The first-order chi connectivity index (χ1) is 9.65. The van der Waals surface area contributed by atoms with E-state index in [2.05, 4.69) is 5.32 Å². The molecule has 5 heteroatoms. The number of halogens is 1. The second-order valence-electron chi connectivity index (χ2n) is 6.41. The Morgan fingerprint density at radius 3 is 2.43 bits per heavy atom. The lowest BCUT2D eigenvalue weighted by molar-refractivity contribution is -0.138. The summed E-state index contributed by atoms with van der Waals surface area (Å²) in [5.41, 5.74) is -0.0677. The van der Waals surface area contributed by atoms with E-state index in [-0.39, 0.29) is 23.5 Å². The van der Waals surface area contributed by atoms with Gasteiger partial charge < -0.3 is 5.32 Å². The van der Waals surface area contributed by atoms with E-state index in [0.717, 1.165) is 0 Å². The molecular formula is C16H21FN2O2. The zero-order valence-corrected chi connectivity index (χ0v) is 13.0. The number of amides is 2. The summed E-state index contributed by atoms with van der Waals surface area (Å²) in [4.78, 5) is 26.4. The molecule has 1 heterocycles. The molecule has 0 aliphatic carbocycles. The first-order valence-electron chi connectivity index (χ1n) is 7.07. The monoisotopic (exact) mass is 292 g/mol. The van der Waals surface area contributed by atoms with E-state index in [9.17, 15) is 14.0 Å². The standard InChI is InChI=1S/C16H21FN2O2/c1-9(2)13-14(20)18-16(4,5)15(21)19(13)11-7-6-10(3)12(17)8-11/h6-9,13H,1-5H3,(H,18,20). The summed E-state index contributed by atoms with van der Waals surface area (Å²) in [7, 11) is 0. The van der Waals surface area contributed by atoms with Crippen LogP contribution in [0, 0.1) is 18.7 Å². The second-order valence-corrected chi connectivity index (χ2v) is 6.41. The van der Waals surface area contributed by atoms with Crippen molar-refractivity contribution in [1.82, 2.24) is 5.32 Å². The first-order valence-corrected chi connectivity index (χ1v) is 7.07. The molecule has 1 aliphatic rings. The molecule has 1 aromatic carbocycles. The molecule has 1 atom stereocenters. The van der Waals surface area contributed by atoms with Gasteiger partial charge in [0.05, 0.1) is 0 Å². The number of hydrogen-bond acceptors (Lipinski definition) is 2. The predicted molar refractivity (Wildman–Crippen MR) is 79.5 cm³/mol. The highest BCUT2D eigenvalue weighted by Crippen LogP contribution is 2.29. The minimum atomic E-state index is -0.996. The van der Waals surface area contributed by atoms with Crippen molar-refractivity contribution >= 4 is 17.5 Å². The predicted octanol–water partition coefficient (Wildman–Crippen LogP) is 2.40. The maximum Gasteiger partial charge on any atom is 0.252 e. The fourth-order valence-electron chi connectivity index (χ4n) is 2.59. The van der Waals surface area contributed by atoms with Crippen LogP contribution in [-0.4, -0.2) is 23.4 Å². The third-order valence-electron chi connectivity index (χ3n) is 3.80. The van der Waals surface area contributed by atoms with Gasteiger partial charge in [0.25, 0.3) is 5.91 Å². The molecule has 0 spiro atoms. The van der Waals surface area contributed by atoms with Crippen LogP contribution in [-0.2, 0) is 9.59 Å². The molecule has 0 saturated carbocycles. The maximum atomic E-state index is 13.8. The number of nitrogens with zero attached hydrogens (tertiary/aromatic N) is 1. The van der Waals surface area contributed by atoms with Gasteiger partial charge in [-0.05, 0) is 44.4 Å². The van der Waals surface area contributed by atoms with Gasteiger partial charge in [0.15, 0.2) is 0 Å². The molecule has 0 aromatic heterocycles. The normalized spacial score (nSPS) is 21.7. The summed E-state index contributed by atoms with van der Waals surface area (Å²) >= 11 is 0. The summed E-state index contributed by atoms with van der Waals surface area (Å²) < 4.78 is 13.8. The SMILES string of the molecule is Cc1ccc(N2C(=O)C(C)(C)NC(=O)C2C(C)C)cc1F. The van der Waals surface area contributed by atoms with Crippen LogP contribution in [0.15, 0.2) is 18.2 Å². The molecule has 114 valence electrons. The van der Waals surface area contributed by atoms with Gasteiger partial charge in [0, 0.05) is 5.69 Å². The molecule has 1 fully saturated rings. The number of anilines is 1. The molecule has 0 bridgehead atoms. The number of carbonyl (C=O) groups is 2. The van der Waals surface area contributed by atoms with Crippen LogP contribution in [0.3, 0.4) is 0 Å². The Kier molecular flexibility index (Phi) is 3.78. The van der Waals surface area contributed by atoms with Gasteiger partial charge >= 0.3 is 0 Å². The van der Waals surface area contributed by atoms with Gasteiger partial charge in [-0.15, -0.1) is 0 Å². The lowest BCUT2D eigenvalue weighted by Gasteiger charge is -2.44. The highest BCUT2D eigenvalue weighted by atomic mass is 19.1. The van der Waals surface area contributed by atoms with Crippen molar-refractivity contribution in [1.29, 1.82) is 0 Å². The summed E-state index contributed by atoms with van der Waals surface area (Å²) in [6.07, 6.45) is 0. The van der Waals surface area contributed by atoms with Crippen molar-refractivity contribution < 1.29 is 14.0 Å². The van der Waals surface area contributed by atoms with Crippen molar-refractivity contribution in [2.24, 2.45) is 5.92 Å². The molecule has 2 rings (SSSR count). The number of carbonyl (C=O) groups excluding carboxylic acids is 2. The Balaban J connectivity index is 2.55. The lowest BCUT2D eigenvalue weighted by Crippen LogP contribution is -2.69. The molecule has 1 aromatic rings. The molecule has 1 saturated heterocycles. The number of benzene rings is 1. The number of nitrogens with one attached hydrogen (secondary N) is 1. The molecule has 2 amide bonds. The number of piperazine rings is 1. The topological polar surface area (TPSA) is 49.4 Å². The molecule has 1 aliphatic heterocycles. The zero-order valence-electron chi connectivity index (χ0n) is 13.0.